The molecule has 1 aliphatic rings. The second-order valence-corrected chi connectivity index (χ2v) is 6.43. The minimum Gasteiger partial charge on any atom is -0.497 e. The van der Waals surface area contributed by atoms with Crippen molar-refractivity contribution in [2.75, 3.05) is 13.7 Å². The van der Waals surface area contributed by atoms with Gasteiger partial charge in [0.1, 0.15) is 12.1 Å². The van der Waals surface area contributed by atoms with Gasteiger partial charge in [0.15, 0.2) is 0 Å². The molecule has 134 valence electrons. The lowest BCUT2D eigenvalue weighted by Gasteiger charge is -2.25. The molecule has 0 saturated carbocycles. The van der Waals surface area contributed by atoms with Gasteiger partial charge in [-0.05, 0) is 43.0 Å². The van der Waals surface area contributed by atoms with E-state index in [-0.39, 0.29) is 11.9 Å². The quantitative estimate of drug-likeness (QED) is 0.706. The number of benzene rings is 1. The van der Waals surface area contributed by atoms with Gasteiger partial charge in [0.05, 0.1) is 18.8 Å². The molecule has 0 unspecified atom stereocenters. The summed E-state index contributed by atoms with van der Waals surface area (Å²) in [6, 6.07) is 9.84. The van der Waals surface area contributed by atoms with Crippen LogP contribution in [0.5, 0.6) is 5.75 Å². The number of nitrogens with zero attached hydrogens (tertiary/aromatic N) is 5. The molecule has 7 heteroatoms. The molecule has 0 bridgehead atoms. The standard InChI is InChI=1S/C19H21N5O2/c1-26-15-7-4-14(5-8-15)6-9-18(25)23-12-2-3-16(23)17-10-11-20-19-21-13-22-24(17)19/h4-5,7-8,10-11,13,16H,2-3,6,9,12H2,1H3/t16-/m0/s1. The first-order chi connectivity index (χ1) is 12.8. The maximum Gasteiger partial charge on any atom is 0.252 e. The summed E-state index contributed by atoms with van der Waals surface area (Å²) >= 11 is 0. The van der Waals surface area contributed by atoms with Crippen molar-refractivity contribution >= 4 is 11.7 Å². The summed E-state index contributed by atoms with van der Waals surface area (Å²) < 4.78 is 6.91. The van der Waals surface area contributed by atoms with Crippen molar-refractivity contribution in [1.29, 1.82) is 0 Å². The number of rotatable bonds is 5. The molecule has 0 radical (unpaired) electrons. The molecule has 0 N–H and O–H groups in total. The number of carbonyl (C=O) groups excluding carboxylic acids is 1. The summed E-state index contributed by atoms with van der Waals surface area (Å²) in [4.78, 5) is 23.2. The van der Waals surface area contributed by atoms with E-state index in [1.54, 1.807) is 17.8 Å². The Labute approximate surface area is 151 Å². The van der Waals surface area contributed by atoms with Gasteiger partial charge in [0, 0.05) is 19.2 Å². The van der Waals surface area contributed by atoms with Crippen LogP contribution in [0.2, 0.25) is 0 Å². The van der Waals surface area contributed by atoms with Crippen LogP contribution in [0.15, 0.2) is 42.9 Å². The number of likely N-dealkylation sites (tertiary alicyclic amines) is 1. The third-order valence-electron chi connectivity index (χ3n) is 4.91. The van der Waals surface area contributed by atoms with Crippen LogP contribution in [0.25, 0.3) is 5.78 Å². The molecule has 1 saturated heterocycles. The van der Waals surface area contributed by atoms with Crippen molar-refractivity contribution in [3.63, 3.8) is 0 Å². The lowest BCUT2D eigenvalue weighted by molar-refractivity contribution is -0.132. The summed E-state index contributed by atoms with van der Waals surface area (Å²) in [6.45, 7) is 0.782. The predicted molar refractivity (Wildman–Crippen MR) is 95.8 cm³/mol. The highest BCUT2D eigenvalue weighted by Gasteiger charge is 2.31. The Kier molecular flexibility index (Phi) is 4.51. The third kappa shape index (κ3) is 3.12. The molecular formula is C19H21N5O2. The number of carbonyl (C=O) groups is 1. The Morgan fingerprint density at radius 1 is 1.23 bits per heavy atom. The predicted octanol–water partition coefficient (Wildman–Crippen LogP) is 2.43. The van der Waals surface area contributed by atoms with Crippen LogP contribution in [0, 0.1) is 0 Å². The molecule has 1 atom stereocenters. The van der Waals surface area contributed by atoms with Crippen LogP contribution >= 0.6 is 0 Å². The fourth-order valence-electron chi connectivity index (χ4n) is 3.57. The molecule has 1 aromatic carbocycles. The van der Waals surface area contributed by atoms with Gasteiger partial charge in [-0.15, -0.1) is 0 Å². The smallest absolute Gasteiger partial charge is 0.252 e. The summed E-state index contributed by atoms with van der Waals surface area (Å²) in [6.07, 6.45) is 6.38. The summed E-state index contributed by atoms with van der Waals surface area (Å²) in [5, 5.41) is 4.26. The lowest BCUT2D eigenvalue weighted by atomic mass is 10.1. The van der Waals surface area contributed by atoms with E-state index in [0.717, 1.165) is 42.8 Å². The topological polar surface area (TPSA) is 72.6 Å². The molecule has 1 fully saturated rings. The Bertz CT molecular complexity index is 906. The molecular weight excluding hydrogens is 330 g/mol. The van der Waals surface area contributed by atoms with E-state index in [4.69, 9.17) is 4.74 Å². The monoisotopic (exact) mass is 351 g/mol. The van der Waals surface area contributed by atoms with Gasteiger partial charge in [-0.1, -0.05) is 12.1 Å². The fourth-order valence-corrected chi connectivity index (χ4v) is 3.57. The molecule has 3 aromatic rings. The van der Waals surface area contributed by atoms with Gasteiger partial charge in [0.25, 0.3) is 5.78 Å². The molecule has 2 aromatic heterocycles. The van der Waals surface area contributed by atoms with Crippen molar-refractivity contribution in [1.82, 2.24) is 24.5 Å². The van der Waals surface area contributed by atoms with E-state index in [1.165, 1.54) is 6.33 Å². The van der Waals surface area contributed by atoms with Crippen LogP contribution in [-0.2, 0) is 11.2 Å². The molecule has 0 aliphatic carbocycles. The van der Waals surface area contributed by atoms with Crippen LogP contribution in [-0.4, -0.2) is 44.0 Å². The third-order valence-corrected chi connectivity index (χ3v) is 4.91. The summed E-state index contributed by atoms with van der Waals surface area (Å²) in [5.74, 6) is 1.57. The average molecular weight is 351 g/mol. The van der Waals surface area contributed by atoms with Crippen LogP contribution < -0.4 is 4.74 Å². The van der Waals surface area contributed by atoms with Gasteiger partial charge in [0.2, 0.25) is 5.91 Å². The van der Waals surface area contributed by atoms with Gasteiger partial charge >= 0.3 is 0 Å². The first-order valence-electron chi connectivity index (χ1n) is 8.83. The Hall–Kier alpha value is -2.96. The first-order valence-corrected chi connectivity index (χ1v) is 8.83. The Morgan fingerprint density at radius 2 is 2.08 bits per heavy atom. The maximum atomic E-state index is 12.8. The van der Waals surface area contributed by atoms with Crippen molar-refractivity contribution in [2.45, 2.75) is 31.7 Å². The number of aromatic nitrogens is 4. The number of fused-ring (bicyclic) bond motifs is 1. The highest BCUT2D eigenvalue weighted by molar-refractivity contribution is 5.77. The number of amides is 1. The highest BCUT2D eigenvalue weighted by Crippen LogP contribution is 2.32. The summed E-state index contributed by atoms with van der Waals surface area (Å²) in [7, 11) is 1.65. The molecule has 26 heavy (non-hydrogen) atoms. The van der Waals surface area contributed by atoms with Gasteiger partial charge in [-0.3, -0.25) is 4.79 Å². The number of methoxy groups -OCH3 is 1. The van der Waals surface area contributed by atoms with E-state index in [9.17, 15) is 4.79 Å². The zero-order valence-corrected chi connectivity index (χ0v) is 14.7. The van der Waals surface area contributed by atoms with Crippen LogP contribution in [0.4, 0.5) is 0 Å². The zero-order chi connectivity index (χ0) is 17.9. The maximum absolute atomic E-state index is 12.8. The largest absolute Gasteiger partial charge is 0.497 e. The van der Waals surface area contributed by atoms with Gasteiger partial charge in [-0.2, -0.15) is 14.6 Å². The molecule has 4 rings (SSSR count). The zero-order valence-electron chi connectivity index (χ0n) is 14.7. The van der Waals surface area contributed by atoms with E-state index in [1.807, 2.05) is 35.2 Å². The minimum absolute atomic E-state index is 0.0329. The molecule has 1 amide bonds. The average Bonchev–Trinajstić information content (AvgIpc) is 3.35. The van der Waals surface area contributed by atoms with E-state index in [0.29, 0.717) is 12.2 Å². The van der Waals surface area contributed by atoms with Crippen LogP contribution in [0.1, 0.15) is 36.6 Å². The Morgan fingerprint density at radius 3 is 2.88 bits per heavy atom. The summed E-state index contributed by atoms with van der Waals surface area (Å²) in [5.41, 5.74) is 2.11. The second-order valence-electron chi connectivity index (χ2n) is 6.43. The Balaban J connectivity index is 1.47. The minimum atomic E-state index is 0.0329. The molecule has 0 spiro atoms. The van der Waals surface area contributed by atoms with Gasteiger partial charge < -0.3 is 9.64 Å². The normalized spacial score (nSPS) is 17.0. The lowest BCUT2D eigenvalue weighted by Crippen LogP contribution is -2.31. The highest BCUT2D eigenvalue weighted by atomic mass is 16.5. The van der Waals surface area contributed by atoms with Crippen molar-refractivity contribution in [2.24, 2.45) is 0 Å². The van der Waals surface area contributed by atoms with Crippen molar-refractivity contribution in [3.8, 4) is 5.75 Å². The van der Waals surface area contributed by atoms with Crippen molar-refractivity contribution < 1.29 is 9.53 Å². The number of hydrogen-bond acceptors (Lipinski definition) is 5. The number of ether oxygens (including phenoxy) is 1. The number of aryl methyl sites for hydroxylation is 1. The van der Waals surface area contributed by atoms with E-state index < -0.39 is 0 Å². The SMILES string of the molecule is COc1ccc(CCC(=O)N2CCC[C@H]2c2ccnc3ncnn23)cc1. The van der Waals surface area contributed by atoms with Gasteiger partial charge in [-0.25, -0.2) is 4.98 Å². The molecule has 7 nitrogen and oxygen atoms in total. The fraction of sp³-hybridized carbons (Fsp3) is 0.368. The number of hydrogen-bond donors (Lipinski definition) is 0. The molecule has 3 heterocycles. The first kappa shape index (κ1) is 16.5. The van der Waals surface area contributed by atoms with Crippen molar-refractivity contribution in [3.05, 3.63) is 54.1 Å². The van der Waals surface area contributed by atoms with E-state index in [2.05, 4.69) is 15.1 Å². The van der Waals surface area contributed by atoms with Crippen LogP contribution in [0.3, 0.4) is 0 Å². The molecule has 1 aliphatic heterocycles. The van der Waals surface area contributed by atoms with E-state index >= 15 is 0 Å². The second kappa shape index (κ2) is 7.11.